The first kappa shape index (κ1) is 10.3. The molecule has 15 heavy (non-hydrogen) atoms. The van der Waals surface area contributed by atoms with Gasteiger partial charge in [0, 0.05) is 10.1 Å². The predicted octanol–water partition coefficient (Wildman–Crippen LogP) is 3.73. The van der Waals surface area contributed by atoms with E-state index in [0.29, 0.717) is 10.0 Å². The fourth-order valence-corrected chi connectivity index (χ4v) is 2.60. The summed E-state index contributed by atoms with van der Waals surface area (Å²) in [4.78, 5) is 11.0. The lowest BCUT2D eigenvalue weighted by Gasteiger charge is -1.99. The van der Waals surface area contributed by atoms with Gasteiger partial charge in [-0.05, 0) is 6.07 Å². The second-order valence-corrected chi connectivity index (χ2v) is 4.29. The Kier molecular flexibility index (Phi) is 2.79. The molecule has 1 N–H and O–H groups in total. The maximum atomic E-state index is 11.0. The third-order valence-corrected chi connectivity index (χ3v) is 3.53. The molecule has 0 unspecified atom stereocenters. The van der Waals surface area contributed by atoms with E-state index in [4.69, 9.17) is 11.6 Å². The van der Waals surface area contributed by atoms with E-state index in [2.05, 4.69) is 10.1 Å². The molecule has 0 radical (unpaired) electrons. The van der Waals surface area contributed by atoms with E-state index in [0.717, 1.165) is 10.1 Å². The third kappa shape index (κ3) is 1.91. The molecule has 0 aliphatic heterocycles. The summed E-state index contributed by atoms with van der Waals surface area (Å²) in [6, 6.07) is 7.70. The monoisotopic (exact) mass is 241 g/mol. The summed E-state index contributed by atoms with van der Waals surface area (Å²) in [6.45, 7) is 0. The van der Waals surface area contributed by atoms with E-state index in [1.807, 2.05) is 24.3 Å². The smallest absolute Gasteiger partial charge is 0.412 e. The van der Waals surface area contributed by atoms with Crippen molar-refractivity contribution < 1.29 is 9.53 Å². The molecule has 1 aromatic carbocycles. The van der Waals surface area contributed by atoms with Crippen molar-refractivity contribution >= 4 is 44.1 Å². The quantitative estimate of drug-likeness (QED) is 0.826. The largest absolute Gasteiger partial charge is 0.453 e. The number of carbonyl (C=O) groups excluding carboxylic acids is 1. The van der Waals surface area contributed by atoms with Crippen molar-refractivity contribution in [2.24, 2.45) is 0 Å². The van der Waals surface area contributed by atoms with Gasteiger partial charge in [-0.1, -0.05) is 29.8 Å². The van der Waals surface area contributed by atoms with Crippen molar-refractivity contribution in [2.75, 3.05) is 12.4 Å². The van der Waals surface area contributed by atoms with Crippen molar-refractivity contribution in [3.8, 4) is 0 Å². The van der Waals surface area contributed by atoms with Gasteiger partial charge in [-0.2, -0.15) is 0 Å². The van der Waals surface area contributed by atoms with Crippen LogP contribution in [0, 0.1) is 0 Å². The van der Waals surface area contributed by atoms with Gasteiger partial charge in [-0.15, -0.1) is 11.3 Å². The highest BCUT2D eigenvalue weighted by Crippen LogP contribution is 2.39. The first-order valence-corrected chi connectivity index (χ1v) is 5.44. The van der Waals surface area contributed by atoms with Crippen molar-refractivity contribution in [3.05, 3.63) is 29.3 Å². The van der Waals surface area contributed by atoms with E-state index < -0.39 is 6.09 Å². The van der Waals surface area contributed by atoms with Gasteiger partial charge in [0.1, 0.15) is 5.00 Å². The fraction of sp³-hybridized carbons (Fsp3) is 0.100. The number of hydrogen-bond acceptors (Lipinski definition) is 3. The standard InChI is InChI=1S/C10H8ClNO2S/c1-14-10(13)12-9-8(11)6-4-2-3-5-7(6)15-9/h2-5H,1H3,(H,12,13). The van der Waals surface area contributed by atoms with Crippen LogP contribution in [0.25, 0.3) is 10.1 Å². The maximum absolute atomic E-state index is 11.0. The maximum Gasteiger partial charge on any atom is 0.412 e. The fourth-order valence-electron chi connectivity index (χ4n) is 1.24. The number of anilines is 1. The summed E-state index contributed by atoms with van der Waals surface area (Å²) >= 11 is 7.52. The molecule has 0 saturated carbocycles. The Labute approximate surface area is 95.6 Å². The molecule has 0 spiro atoms. The minimum absolute atomic E-state index is 0.511. The highest BCUT2D eigenvalue weighted by atomic mass is 35.5. The number of hydrogen-bond donors (Lipinski definition) is 1. The van der Waals surface area contributed by atoms with Crippen LogP contribution in [-0.2, 0) is 4.74 Å². The first-order chi connectivity index (χ1) is 7.22. The van der Waals surface area contributed by atoms with Crippen molar-refractivity contribution in [1.29, 1.82) is 0 Å². The molecule has 5 heteroatoms. The minimum atomic E-state index is -0.511. The van der Waals surface area contributed by atoms with E-state index in [-0.39, 0.29) is 0 Å². The molecule has 0 saturated heterocycles. The number of nitrogens with one attached hydrogen (secondary N) is 1. The molecule has 78 valence electrons. The summed E-state index contributed by atoms with van der Waals surface area (Å²) in [5.74, 6) is 0. The highest BCUT2D eigenvalue weighted by Gasteiger charge is 2.11. The Morgan fingerprint density at radius 3 is 2.87 bits per heavy atom. The number of ether oxygens (including phenoxy) is 1. The van der Waals surface area contributed by atoms with Crippen LogP contribution in [0.2, 0.25) is 5.02 Å². The van der Waals surface area contributed by atoms with Gasteiger partial charge < -0.3 is 4.74 Å². The third-order valence-electron chi connectivity index (χ3n) is 1.94. The second-order valence-electron chi connectivity index (χ2n) is 2.86. The average molecular weight is 242 g/mol. The van der Waals surface area contributed by atoms with E-state index in [9.17, 15) is 4.79 Å². The molecular formula is C10H8ClNO2S. The number of amides is 1. The van der Waals surface area contributed by atoms with Gasteiger partial charge >= 0.3 is 6.09 Å². The number of benzene rings is 1. The molecule has 0 bridgehead atoms. The van der Waals surface area contributed by atoms with Crippen LogP contribution in [0.15, 0.2) is 24.3 Å². The lowest BCUT2D eigenvalue weighted by atomic mass is 10.3. The number of fused-ring (bicyclic) bond motifs is 1. The number of rotatable bonds is 1. The molecule has 3 nitrogen and oxygen atoms in total. The number of thiophene rings is 1. The van der Waals surface area contributed by atoms with Gasteiger partial charge in [-0.25, -0.2) is 4.79 Å². The lowest BCUT2D eigenvalue weighted by Crippen LogP contribution is -2.09. The van der Waals surface area contributed by atoms with Crippen LogP contribution in [-0.4, -0.2) is 13.2 Å². The predicted molar refractivity (Wildman–Crippen MR) is 62.9 cm³/mol. The van der Waals surface area contributed by atoms with Crippen molar-refractivity contribution in [2.45, 2.75) is 0 Å². The normalized spacial score (nSPS) is 10.3. The van der Waals surface area contributed by atoms with Gasteiger partial charge in [-0.3, -0.25) is 5.32 Å². The average Bonchev–Trinajstić information content (AvgIpc) is 2.57. The Hall–Kier alpha value is -1.26. The van der Waals surface area contributed by atoms with Gasteiger partial charge in [0.15, 0.2) is 0 Å². The molecule has 0 fully saturated rings. The van der Waals surface area contributed by atoms with Crippen LogP contribution in [0.3, 0.4) is 0 Å². The zero-order valence-electron chi connectivity index (χ0n) is 7.91. The SMILES string of the molecule is COC(=O)Nc1sc2ccccc2c1Cl. The van der Waals surface area contributed by atoms with Crippen LogP contribution < -0.4 is 5.32 Å². The molecular weight excluding hydrogens is 234 g/mol. The number of halogens is 1. The molecule has 0 atom stereocenters. The van der Waals surface area contributed by atoms with Crippen LogP contribution in [0.1, 0.15) is 0 Å². The van der Waals surface area contributed by atoms with E-state index in [1.165, 1.54) is 18.4 Å². The lowest BCUT2D eigenvalue weighted by molar-refractivity contribution is 0.187. The zero-order chi connectivity index (χ0) is 10.8. The molecule has 2 rings (SSSR count). The van der Waals surface area contributed by atoms with Crippen LogP contribution in [0.4, 0.5) is 9.80 Å². The van der Waals surface area contributed by atoms with Gasteiger partial charge in [0.2, 0.25) is 0 Å². The number of methoxy groups -OCH3 is 1. The highest BCUT2D eigenvalue weighted by molar-refractivity contribution is 7.23. The molecule has 0 aliphatic carbocycles. The molecule has 1 aromatic heterocycles. The Balaban J connectivity index is 2.44. The molecule has 2 aromatic rings. The molecule has 0 aliphatic rings. The Morgan fingerprint density at radius 2 is 2.20 bits per heavy atom. The van der Waals surface area contributed by atoms with Gasteiger partial charge in [0.25, 0.3) is 0 Å². The summed E-state index contributed by atoms with van der Waals surface area (Å²) in [5, 5.41) is 4.69. The van der Waals surface area contributed by atoms with E-state index in [1.54, 1.807) is 0 Å². The molecule has 1 amide bonds. The van der Waals surface area contributed by atoms with E-state index >= 15 is 0 Å². The summed E-state index contributed by atoms with van der Waals surface area (Å²) in [6.07, 6.45) is -0.511. The Bertz CT molecular complexity index is 509. The minimum Gasteiger partial charge on any atom is -0.453 e. The summed E-state index contributed by atoms with van der Waals surface area (Å²) in [5.41, 5.74) is 0. The Morgan fingerprint density at radius 1 is 1.47 bits per heavy atom. The van der Waals surface area contributed by atoms with Crippen LogP contribution >= 0.6 is 22.9 Å². The summed E-state index contributed by atoms with van der Waals surface area (Å²) in [7, 11) is 1.32. The topological polar surface area (TPSA) is 38.3 Å². The van der Waals surface area contributed by atoms with Crippen LogP contribution in [0.5, 0.6) is 0 Å². The van der Waals surface area contributed by atoms with Gasteiger partial charge in [0.05, 0.1) is 12.1 Å². The first-order valence-electron chi connectivity index (χ1n) is 4.24. The zero-order valence-corrected chi connectivity index (χ0v) is 9.48. The van der Waals surface area contributed by atoms with Crippen molar-refractivity contribution in [1.82, 2.24) is 0 Å². The number of carbonyl (C=O) groups is 1. The second kappa shape index (κ2) is 4.08. The summed E-state index contributed by atoms with van der Waals surface area (Å²) < 4.78 is 5.54. The van der Waals surface area contributed by atoms with Crippen molar-refractivity contribution in [3.63, 3.8) is 0 Å². The molecule has 1 heterocycles.